The van der Waals surface area contributed by atoms with Crippen LogP contribution in [0.3, 0.4) is 0 Å². The first-order valence-electron chi connectivity index (χ1n) is 7.32. The van der Waals surface area contributed by atoms with Crippen LogP contribution < -0.4 is 14.9 Å². The Bertz CT molecular complexity index is 729. The fourth-order valence-electron chi connectivity index (χ4n) is 2.36. The van der Waals surface area contributed by atoms with Gasteiger partial charge in [-0.05, 0) is 42.2 Å². The van der Waals surface area contributed by atoms with Gasteiger partial charge >= 0.3 is 13.5 Å². The van der Waals surface area contributed by atoms with Gasteiger partial charge in [0.15, 0.2) is 0 Å². The second-order valence-electron chi connectivity index (χ2n) is 4.97. The van der Waals surface area contributed by atoms with E-state index in [-0.39, 0.29) is 0 Å². The van der Waals surface area contributed by atoms with Gasteiger partial charge in [0.2, 0.25) is 0 Å². The number of carbonyl (C=O) groups excluding carboxylic acids is 1. The standard InChI is InChI=1S/C17H16BO5/c1-3-21-17(19)14-6-4-13(9-16(14)20-2)23-12-5-7-15-11(8-12)10-22-18-15/h4-9H,3,10H2,1-2H3. The van der Waals surface area contributed by atoms with E-state index in [1.165, 1.54) is 7.11 Å². The monoisotopic (exact) mass is 311 g/mol. The first-order valence-corrected chi connectivity index (χ1v) is 7.32. The fourth-order valence-corrected chi connectivity index (χ4v) is 2.36. The lowest BCUT2D eigenvalue weighted by Crippen LogP contribution is -2.10. The van der Waals surface area contributed by atoms with Crippen molar-refractivity contribution < 1.29 is 23.7 Å². The molecule has 1 aliphatic heterocycles. The molecule has 0 N–H and O–H groups in total. The Morgan fingerprint density at radius 2 is 2.00 bits per heavy atom. The molecule has 0 aromatic heterocycles. The molecule has 0 atom stereocenters. The second kappa shape index (κ2) is 6.75. The number of rotatable bonds is 5. The third kappa shape index (κ3) is 3.32. The molecule has 1 heterocycles. The zero-order valence-electron chi connectivity index (χ0n) is 13.0. The Morgan fingerprint density at radius 3 is 2.78 bits per heavy atom. The first-order chi connectivity index (χ1) is 11.2. The number of methoxy groups -OCH3 is 1. The van der Waals surface area contributed by atoms with Crippen molar-refractivity contribution in [1.82, 2.24) is 0 Å². The van der Waals surface area contributed by atoms with E-state index >= 15 is 0 Å². The molecular formula is C17H16BO5. The van der Waals surface area contributed by atoms with Crippen LogP contribution in [0.2, 0.25) is 0 Å². The number of hydrogen-bond donors (Lipinski definition) is 0. The Kier molecular flexibility index (Phi) is 4.53. The van der Waals surface area contributed by atoms with Crippen molar-refractivity contribution in [3.63, 3.8) is 0 Å². The molecule has 0 amide bonds. The highest BCUT2D eigenvalue weighted by molar-refractivity contribution is 6.48. The van der Waals surface area contributed by atoms with Gasteiger partial charge in [0.05, 0.1) is 20.3 Å². The van der Waals surface area contributed by atoms with Crippen molar-refractivity contribution in [1.29, 1.82) is 0 Å². The number of carbonyl (C=O) groups is 1. The first kappa shape index (κ1) is 15.4. The van der Waals surface area contributed by atoms with E-state index in [9.17, 15) is 4.79 Å². The molecule has 23 heavy (non-hydrogen) atoms. The number of esters is 1. The molecule has 117 valence electrons. The van der Waals surface area contributed by atoms with Crippen LogP contribution >= 0.6 is 0 Å². The molecule has 2 aromatic carbocycles. The third-order valence-electron chi connectivity index (χ3n) is 3.47. The molecule has 1 radical (unpaired) electrons. The summed E-state index contributed by atoms with van der Waals surface area (Å²) in [7, 11) is 3.24. The summed E-state index contributed by atoms with van der Waals surface area (Å²) in [6.45, 7) is 2.63. The van der Waals surface area contributed by atoms with Gasteiger partial charge < -0.3 is 18.9 Å². The van der Waals surface area contributed by atoms with Crippen molar-refractivity contribution in [2.75, 3.05) is 13.7 Å². The molecule has 6 heteroatoms. The maximum atomic E-state index is 11.9. The van der Waals surface area contributed by atoms with Crippen LogP contribution in [-0.4, -0.2) is 27.2 Å². The van der Waals surface area contributed by atoms with E-state index < -0.39 is 5.97 Å². The fraction of sp³-hybridized carbons (Fsp3) is 0.235. The molecule has 3 rings (SSSR count). The molecular weight excluding hydrogens is 295 g/mol. The van der Waals surface area contributed by atoms with Crippen LogP contribution in [0.1, 0.15) is 22.8 Å². The molecule has 5 nitrogen and oxygen atoms in total. The number of hydrogen-bond acceptors (Lipinski definition) is 5. The Morgan fingerprint density at radius 1 is 1.22 bits per heavy atom. The summed E-state index contributed by atoms with van der Waals surface area (Å²) >= 11 is 0. The number of ether oxygens (including phenoxy) is 3. The Balaban J connectivity index is 1.82. The van der Waals surface area contributed by atoms with E-state index in [0.717, 1.165) is 11.0 Å². The Hall–Kier alpha value is -2.47. The van der Waals surface area contributed by atoms with Crippen molar-refractivity contribution in [2.45, 2.75) is 13.5 Å². The van der Waals surface area contributed by atoms with Crippen molar-refractivity contribution >= 4 is 18.9 Å². The summed E-state index contributed by atoms with van der Waals surface area (Å²) in [4.78, 5) is 11.9. The molecule has 1 aliphatic rings. The maximum absolute atomic E-state index is 11.9. The van der Waals surface area contributed by atoms with Gasteiger partial charge in [-0.25, -0.2) is 4.79 Å². The topological polar surface area (TPSA) is 54.0 Å². The van der Waals surface area contributed by atoms with Crippen LogP contribution in [0, 0.1) is 0 Å². The van der Waals surface area contributed by atoms with E-state index in [1.807, 2.05) is 18.2 Å². The van der Waals surface area contributed by atoms with Gasteiger partial charge in [0, 0.05) is 6.07 Å². The molecule has 0 aliphatic carbocycles. The van der Waals surface area contributed by atoms with Gasteiger partial charge in [-0.3, -0.25) is 0 Å². The highest BCUT2D eigenvalue weighted by atomic mass is 16.5. The average Bonchev–Trinajstić information content (AvgIpc) is 3.02. The molecule has 2 aromatic rings. The minimum absolute atomic E-state index is 0.314. The minimum Gasteiger partial charge on any atom is -0.496 e. The van der Waals surface area contributed by atoms with Crippen LogP contribution in [0.15, 0.2) is 36.4 Å². The van der Waals surface area contributed by atoms with E-state index in [2.05, 4.69) is 0 Å². The molecule has 0 saturated heterocycles. The van der Waals surface area contributed by atoms with E-state index in [0.29, 0.717) is 36.0 Å². The highest BCUT2D eigenvalue weighted by Crippen LogP contribution is 2.29. The lowest BCUT2D eigenvalue weighted by Gasteiger charge is -2.11. The summed E-state index contributed by atoms with van der Waals surface area (Å²) in [5, 5.41) is 0. The quantitative estimate of drug-likeness (QED) is 0.627. The lowest BCUT2D eigenvalue weighted by molar-refractivity contribution is 0.0522. The minimum atomic E-state index is -0.416. The molecule has 0 bridgehead atoms. The highest BCUT2D eigenvalue weighted by Gasteiger charge is 2.16. The molecule has 0 unspecified atom stereocenters. The van der Waals surface area contributed by atoms with E-state index in [1.54, 1.807) is 32.6 Å². The maximum Gasteiger partial charge on any atom is 0.341 e. The summed E-state index contributed by atoms with van der Waals surface area (Å²) in [6.07, 6.45) is 0. The van der Waals surface area contributed by atoms with Gasteiger partial charge in [-0.15, -0.1) is 0 Å². The predicted molar refractivity (Wildman–Crippen MR) is 85.6 cm³/mol. The largest absolute Gasteiger partial charge is 0.496 e. The molecule has 0 saturated carbocycles. The number of benzene rings is 2. The SMILES string of the molecule is CCOC(=O)c1ccc(Oc2ccc3c(c2)CO[B]3)cc1OC. The zero-order chi connectivity index (χ0) is 16.2. The zero-order valence-corrected chi connectivity index (χ0v) is 13.0. The van der Waals surface area contributed by atoms with Crippen LogP contribution in [-0.2, 0) is 16.0 Å². The number of fused-ring (bicyclic) bond motifs is 1. The average molecular weight is 311 g/mol. The molecule has 0 spiro atoms. The molecule has 0 fully saturated rings. The van der Waals surface area contributed by atoms with Crippen molar-refractivity contribution in [2.24, 2.45) is 0 Å². The smallest absolute Gasteiger partial charge is 0.341 e. The second-order valence-corrected chi connectivity index (χ2v) is 4.97. The summed E-state index contributed by atoms with van der Waals surface area (Å²) in [5.41, 5.74) is 2.52. The predicted octanol–water partition coefficient (Wildman–Crippen LogP) is 2.44. The normalized spacial score (nSPS) is 12.3. The van der Waals surface area contributed by atoms with E-state index in [4.69, 9.17) is 18.9 Å². The third-order valence-corrected chi connectivity index (χ3v) is 3.47. The van der Waals surface area contributed by atoms with Crippen molar-refractivity contribution in [3.8, 4) is 17.2 Å². The van der Waals surface area contributed by atoms with Gasteiger partial charge in [0.25, 0.3) is 0 Å². The van der Waals surface area contributed by atoms with Crippen molar-refractivity contribution in [3.05, 3.63) is 47.5 Å². The summed E-state index contributed by atoms with van der Waals surface area (Å²) in [6, 6.07) is 10.8. The van der Waals surface area contributed by atoms with Gasteiger partial charge in [-0.1, -0.05) is 6.07 Å². The van der Waals surface area contributed by atoms with Crippen LogP contribution in [0.4, 0.5) is 0 Å². The summed E-state index contributed by atoms with van der Waals surface area (Å²) < 4.78 is 21.4. The Labute approximate surface area is 135 Å². The van der Waals surface area contributed by atoms with Gasteiger partial charge in [0.1, 0.15) is 22.8 Å². The summed E-state index contributed by atoms with van der Waals surface area (Å²) in [5.74, 6) is 1.28. The van der Waals surface area contributed by atoms with Crippen LogP contribution in [0.25, 0.3) is 0 Å². The lowest BCUT2D eigenvalue weighted by atomic mass is 9.87. The van der Waals surface area contributed by atoms with Gasteiger partial charge in [-0.2, -0.15) is 0 Å². The van der Waals surface area contributed by atoms with Crippen LogP contribution in [0.5, 0.6) is 17.2 Å².